The van der Waals surface area contributed by atoms with Crippen LogP contribution in [-0.2, 0) is 0 Å². The molecule has 2 aromatic rings. The third kappa shape index (κ3) is 2.52. The molecule has 0 unspecified atom stereocenters. The van der Waals surface area contributed by atoms with Gasteiger partial charge in [0.2, 0.25) is 0 Å². The summed E-state index contributed by atoms with van der Waals surface area (Å²) in [5.74, 6) is -3.14. The van der Waals surface area contributed by atoms with E-state index in [1.54, 1.807) is 0 Å². The number of ketones is 1. The van der Waals surface area contributed by atoms with Crippen LogP contribution in [0.4, 0.5) is 13.2 Å². The van der Waals surface area contributed by atoms with E-state index in [1.807, 2.05) is 0 Å². The van der Waals surface area contributed by atoms with Gasteiger partial charge in [-0.05, 0) is 36.8 Å². The Kier molecular flexibility index (Phi) is 3.79. The van der Waals surface area contributed by atoms with Gasteiger partial charge >= 0.3 is 0 Å². The van der Waals surface area contributed by atoms with Crippen LogP contribution in [-0.4, -0.2) is 12.9 Å². The van der Waals surface area contributed by atoms with Crippen LogP contribution in [0.3, 0.4) is 0 Å². The lowest BCUT2D eigenvalue weighted by Crippen LogP contribution is -2.08. The normalized spacial score (nSPS) is 10.4. The van der Waals surface area contributed by atoms with Gasteiger partial charge in [-0.25, -0.2) is 13.2 Å². The Morgan fingerprint density at radius 2 is 1.60 bits per heavy atom. The van der Waals surface area contributed by atoms with Crippen molar-refractivity contribution in [3.63, 3.8) is 0 Å². The maximum absolute atomic E-state index is 13.8. The molecule has 2 rings (SSSR count). The summed E-state index contributed by atoms with van der Waals surface area (Å²) in [6.07, 6.45) is 0. The summed E-state index contributed by atoms with van der Waals surface area (Å²) >= 11 is 0. The molecule has 0 amide bonds. The molecule has 0 atom stereocenters. The van der Waals surface area contributed by atoms with Gasteiger partial charge in [0, 0.05) is 6.07 Å². The number of rotatable bonds is 3. The fourth-order valence-electron chi connectivity index (χ4n) is 1.77. The van der Waals surface area contributed by atoms with Crippen molar-refractivity contribution in [1.29, 1.82) is 0 Å². The summed E-state index contributed by atoms with van der Waals surface area (Å²) in [5.41, 5.74) is -0.764. The summed E-state index contributed by atoms with van der Waals surface area (Å²) in [6.45, 7) is 1.38. The van der Waals surface area contributed by atoms with Gasteiger partial charge < -0.3 is 4.74 Å². The van der Waals surface area contributed by atoms with E-state index in [0.717, 1.165) is 18.2 Å². The summed E-state index contributed by atoms with van der Waals surface area (Å²) < 4.78 is 45.7. The average Bonchev–Trinajstić information content (AvgIpc) is 2.42. The minimum absolute atomic E-state index is 0.0780. The summed E-state index contributed by atoms with van der Waals surface area (Å²) in [5, 5.41) is 0. The Balaban J connectivity index is 2.49. The van der Waals surface area contributed by atoms with Gasteiger partial charge in [-0.1, -0.05) is 0 Å². The predicted molar refractivity (Wildman–Crippen MR) is 67.5 cm³/mol. The number of methoxy groups -OCH3 is 1. The van der Waals surface area contributed by atoms with Crippen molar-refractivity contribution in [3.8, 4) is 5.75 Å². The topological polar surface area (TPSA) is 26.3 Å². The second-order valence-electron chi connectivity index (χ2n) is 4.26. The second kappa shape index (κ2) is 5.36. The van der Waals surface area contributed by atoms with Crippen molar-refractivity contribution >= 4 is 5.78 Å². The Morgan fingerprint density at radius 1 is 0.950 bits per heavy atom. The first kappa shape index (κ1) is 14.1. The largest absolute Gasteiger partial charge is 0.497 e. The molecule has 0 aliphatic rings. The Hall–Kier alpha value is -2.30. The van der Waals surface area contributed by atoms with Crippen LogP contribution in [0.15, 0.2) is 30.3 Å². The van der Waals surface area contributed by atoms with E-state index in [9.17, 15) is 18.0 Å². The molecule has 2 nitrogen and oxygen atoms in total. The first-order valence-electron chi connectivity index (χ1n) is 5.78. The van der Waals surface area contributed by atoms with Crippen molar-refractivity contribution in [2.24, 2.45) is 0 Å². The van der Waals surface area contributed by atoms with Crippen LogP contribution in [0.1, 0.15) is 21.5 Å². The quantitative estimate of drug-likeness (QED) is 0.802. The van der Waals surface area contributed by atoms with Crippen molar-refractivity contribution in [2.75, 3.05) is 7.11 Å². The molecular formula is C15H11F3O2. The Morgan fingerprint density at radius 3 is 2.20 bits per heavy atom. The fourth-order valence-corrected chi connectivity index (χ4v) is 1.77. The molecule has 0 radical (unpaired) electrons. The molecule has 0 fully saturated rings. The highest BCUT2D eigenvalue weighted by molar-refractivity contribution is 6.09. The van der Waals surface area contributed by atoms with Gasteiger partial charge in [-0.2, -0.15) is 0 Å². The van der Waals surface area contributed by atoms with Crippen LogP contribution < -0.4 is 4.74 Å². The van der Waals surface area contributed by atoms with E-state index in [1.165, 1.54) is 26.2 Å². The molecule has 0 spiro atoms. The molecule has 0 aromatic heterocycles. The zero-order valence-corrected chi connectivity index (χ0v) is 10.8. The predicted octanol–water partition coefficient (Wildman–Crippen LogP) is 3.65. The monoisotopic (exact) mass is 280 g/mol. The first-order valence-corrected chi connectivity index (χ1v) is 5.78. The average molecular weight is 280 g/mol. The summed E-state index contributed by atoms with van der Waals surface area (Å²) in [4.78, 5) is 12.1. The Bertz CT molecular complexity index is 681. The van der Waals surface area contributed by atoms with Gasteiger partial charge in [-0.15, -0.1) is 0 Å². The molecule has 5 heteroatoms. The lowest BCUT2D eigenvalue weighted by molar-refractivity contribution is 0.103. The highest BCUT2D eigenvalue weighted by Crippen LogP contribution is 2.22. The molecule has 0 N–H and O–H groups in total. The Labute approximate surface area is 113 Å². The van der Waals surface area contributed by atoms with Crippen molar-refractivity contribution in [1.82, 2.24) is 0 Å². The molecule has 0 saturated carbocycles. The molecular weight excluding hydrogens is 269 g/mol. The van der Waals surface area contributed by atoms with E-state index >= 15 is 0 Å². The number of hydrogen-bond acceptors (Lipinski definition) is 2. The second-order valence-corrected chi connectivity index (χ2v) is 4.26. The minimum atomic E-state index is -0.915. The smallest absolute Gasteiger partial charge is 0.199 e. The number of benzene rings is 2. The number of carbonyl (C=O) groups excluding carboxylic acids is 1. The van der Waals surface area contributed by atoms with Crippen LogP contribution in [0.5, 0.6) is 5.75 Å². The van der Waals surface area contributed by atoms with Crippen LogP contribution in [0.2, 0.25) is 0 Å². The molecule has 0 bridgehead atoms. The molecule has 20 heavy (non-hydrogen) atoms. The van der Waals surface area contributed by atoms with Crippen LogP contribution in [0, 0.1) is 24.4 Å². The van der Waals surface area contributed by atoms with E-state index < -0.39 is 28.8 Å². The maximum atomic E-state index is 13.8. The number of halogens is 3. The van der Waals surface area contributed by atoms with Crippen LogP contribution in [0.25, 0.3) is 0 Å². The summed E-state index contributed by atoms with van der Waals surface area (Å²) in [7, 11) is 1.35. The van der Waals surface area contributed by atoms with Crippen LogP contribution >= 0.6 is 0 Å². The molecule has 104 valence electrons. The zero-order valence-electron chi connectivity index (χ0n) is 10.8. The zero-order chi connectivity index (χ0) is 14.9. The van der Waals surface area contributed by atoms with Gasteiger partial charge in [0.15, 0.2) is 5.78 Å². The lowest BCUT2D eigenvalue weighted by Gasteiger charge is -2.07. The highest BCUT2D eigenvalue weighted by atomic mass is 19.1. The van der Waals surface area contributed by atoms with Crippen molar-refractivity contribution in [2.45, 2.75) is 6.92 Å². The standard InChI is InChI=1S/C15H11F3O2/c1-8-5-13(17)11(7-12(8)16)15(19)10-4-3-9(20-2)6-14(10)18/h3-7H,1-2H3. The SMILES string of the molecule is COc1ccc(C(=O)c2cc(F)c(C)cc2F)c(F)c1. The molecule has 0 saturated heterocycles. The molecule has 0 heterocycles. The maximum Gasteiger partial charge on any atom is 0.199 e. The number of carbonyl (C=O) groups is 1. The lowest BCUT2D eigenvalue weighted by atomic mass is 10.0. The highest BCUT2D eigenvalue weighted by Gasteiger charge is 2.19. The first-order chi connectivity index (χ1) is 9.43. The fraction of sp³-hybridized carbons (Fsp3) is 0.133. The van der Waals surface area contributed by atoms with Crippen molar-refractivity contribution in [3.05, 3.63) is 64.5 Å². The van der Waals surface area contributed by atoms with Gasteiger partial charge in [0.25, 0.3) is 0 Å². The van der Waals surface area contributed by atoms with Gasteiger partial charge in [-0.3, -0.25) is 4.79 Å². The van der Waals surface area contributed by atoms with E-state index in [0.29, 0.717) is 0 Å². The summed E-state index contributed by atoms with van der Waals surface area (Å²) in [6, 6.07) is 5.24. The van der Waals surface area contributed by atoms with Crippen molar-refractivity contribution < 1.29 is 22.7 Å². The molecule has 2 aromatic carbocycles. The van der Waals surface area contributed by atoms with Gasteiger partial charge in [0.1, 0.15) is 23.2 Å². The molecule has 0 aliphatic carbocycles. The van der Waals surface area contributed by atoms with E-state index in [2.05, 4.69) is 0 Å². The number of ether oxygens (including phenoxy) is 1. The number of hydrogen-bond donors (Lipinski definition) is 0. The third-order valence-electron chi connectivity index (χ3n) is 2.91. The molecule has 0 aliphatic heterocycles. The van der Waals surface area contributed by atoms with E-state index in [-0.39, 0.29) is 16.9 Å². The third-order valence-corrected chi connectivity index (χ3v) is 2.91. The van der Waals surface area contributed by atoms with Gasteiger partial charge in [0.05, 0.1) is 18.2 Å². The minimum Gasteiger partial charge on any atom is -0.497 e. The van der Waals surface area contributed by atoms with E-state index in [4.69, 9.17) is 4.74 Å². The number of aryl methyl sites for hydroxylation is 1.